The van der Waals surface area contributed by atoms with E-state index in [1.54, 1.807) is 31.4 Å². The number of nitrogens with zero attached hydrogens (tertiary/aromatic N) is 3. The largest absolute Gasteiger partial charge is 0.497 e. The number of para-hydroxylation sites is 1. The van der Waals surface area contributed by atoms with Gasteiger partial charge in [0, 0.05) is 11.1 Å². The lowest BCUT2D eigenvalue weighted by Crippen LogP contribution is -2.25. The molecular weight excluding hydrogens is 484 g/mol. The summed E-state index contributed by atoms with van der Waals surface area (Å²) in [7, 11) is 1.59. The number of hydrogen-bond acceptors (Lipinski definition) is 6. The minimum Gasteiger partial charge on any atom is -0.497 e. The zero-order valence-electron chi connectivity index (χ0n) is 21.2. The first-order valence-electron chi connectivity index (χ1n) is 12.2. The minimum absolute atomic E-state index is 0.0222. The molecule has 0 aliphatic rings. The van der Waals surface area contributed by atoms with Crippen LogP contribution in [0.5, 0.6) is 5.75 Å². The van der Waals surface area contributed by atoms with Crippen molar-refractivity contribution in [3.8, 4) is 11.4 Å². The predicted molar refractivity (Wildman–Crippen MR) is 146 cm³/mol. The molecule has 3 aromatic carbocycles. The van der Waals surface area contributed by atoms with Crippen LogP contribution >= 0.6 is 11.8 Å². The predicted octanol–water partition coefficient (Wildman–Crippen LogP) is 5.31. The van der Waals surface area contributed by atoms with Crippen molar-refractivity contribution in [2.75, 3.05) is 12.9 Å². The average Bonchev–Trinajstić information content (AvgIpc) is 3.36. The first kappa shape index (κ1) is 26.2. The van der Waals surface area contributed by atoms with Gasteiger partial charge in [0.05, 0.1) is 25.1 Å². The number of ether oxygens (including phenoxy) is 1. The van der Waals surface area contributed by atoms with Gasteiger partial charge in [0.2, 0.25) is 0 Å². The van der Waals surface area contributed by atoms with E-state index < -0.39 is 0 Å². The van der Waals surface area contributed by atoms with Gasteiger partial charge in [-0.05, 0) is 48.2 Å². The normalized spacial score (nSPS) is 10.8. The van der Waals surface area contributed by atoms with Crippen LogP contribution < -0.4 is 10.1 Å². The molecule has 0 radical (unpaired) electrons. The van der Waals surface area contributed by atoms with E-state index in [2.05, 4.69) is 47.6 Å². The molecule has 1 amide bonds. The summed E-state index contributed by atoms with van der Waals surface area (Å²) in [5.74, 6) is 1.33. The molecule has 0 atom stereocenters. The van der Waals surface area contributed by atoms with Gasteiger partial charge in [-0.1, -0.05) is 74.1 Å². The van der Waals surface area contributed by atoms with E-state index in [4.69, 9.17) is 4.74 Å². The monoisotopic (exact) mass is 514 g/mol. The third-order valence-corrected chi connectivity index (χ3v) is 7.01. The molecule has 1 aromatic heterocycles. The van der Waals surface area contributed by atoms with Crippen LogP contribution in [-0.4, -0.2) is 39.3 Å². The van der Waals surface area contributed by atoms with Crippen LogP contribution in [0.2, 0.25) is 0 Å². The van der Waals surface area contributed by atoms with Crippen LogP contribution in [0.3, 0.4) is 0 Å². The molecule has 0 saturated carbocycles. The topological polar surface area (TPSA) is 86.1 Å². The molecule has 0 aliphatic carbocycles. The van der Waals surface area contributed by atoms with Crippen LogP contribution in [0.4, 0.5) is 0 Å². The Balaban J connectivity index is 1.64. The molecule has 190 valence electrons. The summed E-state index contributed by atoms with van der Waals surface area (Å²) in [4.78, 5) is 25.6. The number of Topliss-reactive ketones (excluding diaryl/α,β-unsaturated/α-hetero) is 1. The summed E-state index contributed by atoms with van der Waals surface area (Å²) < 4.78 is 7.17. The summed E-state index contributed by atoms with van der Waals surface area (Å²) >= 11 is 1.35. The Hall–Kier alpha value is -3.91. The third kappa shape index (κ3) is 6.09. The molecule has 0 spiro atoms. The van der Waals surface area contributed by atoms with Crippen molar-refractivity contribution in [2.45, 2.75) is 38.4 Å². The molecule has 0 aliphatic heterocycles. The fourth-order valence-corrected chi connectivity index (χ4v) is 4.93. The van der Waals surface area contributed by atoms with E-state index in [9.17, 15) is 9.59 Å². The lowest BCUT2D eigenvalue weighted by Gasteiger charge is -2.18. The molecule has 0 unspecified atom stereocenters. The van der Waals surface area contributed by atoms with E-state index in [1.807, 2.05) is 34.9 Å². The molecule has 8 heteroatoms. The molecular formula is C29H30N4O3S. The maximum Gasteiger partial charge on any atom is 0.251 e. The Morgan fingerprint density at radius 2 is 1.54 bits per heavy atom. The fourth-order valence-electron chi connectivity index (χ4n) is 4.08. The molecule has 4 aromatic rings. The number of thioether (sulfide) groups is 1. The molecule has 0 fully saturated rings. The lowest BCUT2D eigenvalue weighted by atomic mass is 10.0. The summed E-state index contributed by atoms with van der Waals surface area (Å²) in [5.41, 5.74) is 4.51. The number of carbonyl (C=O) groups is 2. The second kappa shape index (κ2) is 12.4. The molecule has 37 heavy (non-hydrogen) atoms. The van der Waals surface area contributed by atoms with Crippen LogP contribution in [-0.2, 0) is 19.4 Å². The highest BCUT2D eigenvalue weighted by molar-refractivity contribution is 7.99. The van der Waals surface area contributed by atoms with Crippen molar-refractivity contribution in [3.63, 3.8) is 0 Å². The summed E-state index contributed by atoms with van der Waals surface area (Å²) in [6.07, 6.45) is 1.65. The van der Waals surface area contributed by atoms with Crippen molar-refractivity contribution in [1.29, 1.82) is 0 Å². The second-order valence-corrected chi connectivity index (χ2v) is 9.30. The highest BCUT2D eigenvalue weighted by Gasteiger charge is 2.21. The lowest BCUT2D eigenvalue weighted by molar-refractivity contribution is 0.0948. The number of benzene rings is 3. The number of methoxy groups -OCH3 is 1. The van der Waals surface area contributed by atoms with Gasteiger partial charge in [0.25, 0.3) is 5.91 Å². The molecule has 4 rings (SSSR count). The minimum atomic E-state index is -0.217. The van der Waals surface area contributed by atoms with E-state index >= 15 is 0 Å². The van der Waals surface area contributed by atoms with E-state index in [0.717, 1.165) is 29.7 Å². The number of rotatable bonds is 11. The van der Waals surface area contributed by atoms with Gasteiger partial charge in [-0.15, -0.1) is 10.2 Å². The van der Waals surface area contributed by atoms with Crippen molar-refractivity contribution in [1.82, 2.24) is 20.1 Å². The SMILES string of the molecule is CCc1cccc(CC)c1-n1c(CNC(=O)c2ccc(OC)cc2)nnc1SCC(=O)c1ccccc1. The third-order valence-electron chi connectivity index (χ3n) is 6.08. The molecule has 0 saturated heterocycles. The maximum atomic E-state index is 12.8. The van der Waals surface area contributed by atoms with Crippen LogP contribution in [0.25, 0.3) is 5.69 Å². The summed E-state index contributed by atoms with van der Waals surface area (Å²) in [6.45, 7) is 4.41. The standard InChI is InChI=1S/C29H30N4O3S/c1-4-20-12-9-13-21(5-2)27(20)33-26(18-30-28(35)23-14-16-24(36-3)17-15-23)31-32-29(33)37-19-25(34)22-10-7-6-8-11-22/h6-17H,4-5,18-19H2,1-3H3,(H,30,35). The van der Waals surface area contributed by atoms with Crippen molar-refractivity contribution in [3.05, 3.63) is 101 Å². The maximum absolute atomic E-state index is 12.8. The highest BCUT2D eigenvalue weighted by atomic mass is 32.2. The summed E-state index contributed by atoms with van der Waals surface area (Å²) in [5, 5.41) is 12.5. The number of amides is 1. The number of hydrogen-bond donors (Lipinski definition) is 1. The number of aryl methyl sites for hydroxylation is 2. The molecule has 7 nitrogen and oxygen atoms in total. The highest BCUT2D eigenvalue weighted by Crippen LogP contribution is 2.29. The molecule has 1 heterocycles. The van der Waals surface area contributed by atoms with E-state index in [-0.39, 0.29) is 24.0 Å². The smallest absolute Gasteiger partial charge is 0.251 e. The van der Waals surface area contributed by atoms with Gasteiger partial charge < -0.3 is 10.1 Å². The van der Waals surface area contributed by atoms with Crippen LogP contribution in [0, 0.1) is 0 Å². The first-order valence-corrected chi connectivity index (χ1v) is 13.2. The Morgan fingerprint density at radius 1 is 0.865 bits per heavy atom. The number of ketones is 1. The molecule has 1 N–H and O–H groups in total. The fraction of sp³-hybridized carbons (Fsp3) is 0.241. The Bertz CT molecular complexity index is 1350. The Morgan fingerprint density at radius 3 is 2.16 bits per heavy atom. The van der Waals surface area contributed by atoms with E-state index in [0.29, 0.717) is 27.9 Å². The van der Waals surface area contributed by atoms with Gasteiger partial charge in [0.15, 0.2) is 16.8 Å². The number of carbonyl (C=O) groups excluding carboxylic acids is 2. The van der Waals surface area contributed by atoms with Gasteiger partial charge >= 0.3 is 0 Å². The van der Waals surface area contributed by atoms with E-state index in [1.165, 1.54) is 11.8 Å². The van der Waals surface area contributed by atoms with Crippen molar-refractivity contribution >= 4 is 23.5 Å². The van der Waals surface area contributed by atoms with Gasteiger partial charge in [-0.3, -0.25) is 14.2 Å². The number of nitrogens with one attached hydrogen (secondary N) is 1. The van der Waals surface area contributed by atoms with Gasteiger partial charge in [-0.25, -0.2) is 0 Å². The Labute approximate surface area is 221 Å². The second-order valence-electron chi connectivity index (χ2n) is 8.36. The first-order chi connectivity index (χ1) is 18.0. The van der Waals surface area contributed by atoms with Gasteiger partial charge in [0.1, 0.15) is 5.75 Å². The van der Waals surface area contributed by atoms with Crippen LogP contribution in [0.15, 0.2) is 78.0 Å². The quantitative estimate of drug-likeness (QED) is 0.216. The van der Waals surface area contributed by atoms with Crippen LogP contribution in [0.1, 0.15) is 51.5 Å². The van der Waals surface area contributed by atoms with Crippen molar-refractivity contribution < 1.29 is 14.3 Å². The van der Waals surface area contributed by atoms with Crippen molar-refractivity contribution in [2.24, 2.45) is 0 Å². The summed E-state index contributed by atoms with van der Waals surface area (Å²) in [6, 6.07) is 22.4. The zero-order valence-corrected chi connectivity index (χ0v) is 22.0. The molecule has 0 bridgehead atoms. The average molecular weight is 515 g/mol. The number of aromatic nitrogens is 3. The Kier molecular flexibility index (Phi) is 8.74. The zero-order chi connectivity index (χ0) is 26.2. The van der Waals surface area contributed by atoms with Gasteiger partial charge in [-0.2, -0.15) is 0 Å².